The number of carbonyl (C=O) groups excluding carboxylic acids is 2. The molecular weight excluding hydrogens is 402 g/mol. The molecule has 1 aromatic carbocycles. The highest BCUT2D eigenvalue weighted by molar-refractivity contribution is 5.99. The Morgan fingerprint density at radius 2 is 1.71 bits per heavy atom. The maximum atomic E-state index is 12.7. The molecule has 0 aromatic heterocycles. The van der Waals surface area contributed by atoms with E-state index in [9.17, 15) is 19.7 Å². The van der Waals surface area contributed by atoms with Crippen LogP contribution < -0.4 is 20.3 Å². The van der Waals surface area contributed by atoms with Gasteiger partial charge in [-0.15, -0.1) is 0 Å². The van der Waals surface area contributed by atoms with E-state index < -0.39 is 16.5 Å². The van der Waals surface area contributed by atoms with E-state index in [1.165, 1.54) is 32.4 Å². The van der Waals surface area contributed by atoms with Crippen LogP contribution in [0.25, 0.3) is 0 Å². The lowest BCUT2D eigenvalue weighted by molar-refractivity contribution is -0.385. The van der Waals surface area contributed by atoms with Gasteiger partial charge in [-0.3, -0.25) is 30.6 Å². The van der Waals surface area contributed by atoms with Crippen molar-refractivity contribution in [2.75, 3.05) is 13.7 Å². The van der Waals surface area contributed by atoms with Gasteiger partial charge in [0.2, 0.25) is 5.91 Å². The number of hydrogen-bond donors (Lipinski definition) is 2. The Balaban J connectivity index is 1.43. The van der Waals surface area contributed by atoms with Gasteiger partial charge in [0.1, 0.15) is 5.56 Å². The summed E-state index contributed by atoms with van der Waals surface area (Å²) in [5, 5.41) is 11.5. The highest BCUT2D eigenvalue weighted by Crippen LogP contribution is 2.61. The van der Waals surface area contributed by atoms with Crippen molar-refractivity contribution in [2.45, 2.75) is 51.9 Å². The second-order valence-electron chi connectivity index (χ2n) is 9.31. The third-order valence-electron chi connectivity index (χ3n) is 7.04. The first kappa shape index (κ1) is 21.4. The topological polar surface area (TPSA) is 120 Å². The van der Waals surface area contributed by atoms with Gasteiger partial charge in [-0.05, 0) is 68.6 Å². The molecule has 31 heavy (non-hydrogen) atoms. The Morgan fingerprint density at radius 3 is 2.23 bits per heavy atom. The summed E-state index contributed by atoms with van der Waals surface area (Å²) in [6, 6.07) is 2.41. The zero-order chi connectivity index (χ0) is 22.2. The first-order chi connectivity index (χ1) is 14.8. The Morgan fingerprint density at radius 1 is 1.10 bits per heavy atom. The quantitative estimate of drug-likeness (QED) is 0.504. The monoisotopic (exact) mass is 431 g/mol. The van der Waals surface area contributed by atoms with Gasteiger partial charge < -0.3 is 9.47 Å². The van der Waals surface area contributed by atoms with Crippen molar-refractivity contribution in [3.8, 4) is 11.5 Å². The molecule has 4 fully saturated rings. The molecule has 4 saturated carbocycles. The van der Waals surface area contributed by atoms with Gasteiger partial charge >= 0.3 is 0 Å². The third kappa shape index (κ3) is 4.31. The minimum Gasteiger partial charge on any atom is -0.493 e. The molecule has 0 aliphatic heterocycles. The first-order valence-electron chi connectivity index (χ1n) is 10.9. The predicted octanol–water partition coefficient (Wildman–Crippen LogP) is 3.37. The maximum absolute atomic E-state index is 12.7. The molecule has 4 aliphatic rings. The van der Waals surface area contributed by atoms with Gasteiger partial charge in [0.05, 0.1) is 24.7 Å². The SMILES string of the molecule is CCOc1cc(C(=O)NNC(=O)CC23CC4CC(CC(C4)C2)C3)c([N+](=O)[O-])cc1OC. The molecule has 0 atom stereocenters. The normalized spacial score (nSPS) is 28.1. The molecule has 4 bridgehead atoms. The molecule has 9 heteroatoms. The van der Waals surface area contributed by atoms with E-state index >= 15 is 0 Å². The Labute approximate surface area is 181 Å². The molecule has 0 spiro atoms. The molecule has 1 aromatic rings. The van der Waals surface area contributed by atoms with Crippen LogP contribution in [0.2, 0.25) is 0 Å². The third-order valence-corrected chi connectivity index (χ3v) is 7.04. The highest BCUT2D eigenvalue weighted by Gasteiger charge is 2.51. The minimum absolute atomic E-state index is 0.0395. The number of methoxy groups -OCH3 is 1. The van der Waals surface area contributed by atoms with Crippen molar-refractivity contribution >= 4 is 17.5 Å². The lowest BCUT2D eigenvalue weighted by atomic mass is 9.49. The van der Waals surface area contributed by atoms with Crippen LogP contribution >= 0.6 is 0 Å². The summed E-state index contributed by atoms with van der Waals surface area (Å²) in [6.07, 6.45) is 7.51. The Kier molecular flexibility index (Phi) is 5.77. The molecular formula is C22H29N3O6. The van der Waals surface area contributed by atoms with Gasteiger partial charge in [0.25, 0.3) is 11.6 Å². The van der Waals surface area contributed by atoms with Gasteiger partial charge in [-0.2, -0.15) is 0 Å². The number of hydrazine groups is 1. The van der Waals surface area contributed by atoms with E-state index in [-0.39, 0.29) is 28.4 Å². The van der Waals surface area contributed by atoms with Gasteiger partial charge in [0, 0.05) is 12.5 Å². The lowest BCUT2D eigenvalue weighted by Gasteiger charge is -2.56. The summed E-state index contributed by atoms with van der Waals surface area (Å²) < 4.78 is 10.5. The van der Waals surface area contributed by atoms with E-state index in [1.807, 2.05) is 0 Å². The predicted molar refractivity (Wildman–Crippen MR) is 112 cm³/mol. The van der Waals surface area contributed by atoms with E-state index in [4.69, 9.17) is 9.47 Å². The summed E-state index contributed by atoms with van der Waals surface area (Å²) in [5.41, 5.74) is 4.23. The zero-order valence-corrected chi connectivity index (χ0v) is 17.9. The van der Waals surface area contributed by atoms with Crippen LogP contribution in [0.3, 0.4) is 0 Å². The first-order valence-corrected chi connectivity index (χ1v) is 10.9. The second-order valence-corrected chi connectivity index (χ2v) is 9.31. The van der Waals surface area contributed by atoms with Gasteiger partial charge in [-0.1, -0.05) is 0 Å². The van der Waals surface area contributed by atoms with Crippen molar-refractivity contribution in [1.29, 1.82) is 0 Å². The molecule has 2 amide bonds. The van der Waals surface area contributed by atoms with Crippen LogP contribution in [-0.2, 0) is 4.79 Å². The number of nitro benzene ring substituents is 1. The van der Waals surface area contributed by atoms with E-state index in [0.717, 1.165) is 43.1 Å². The fraction of sp³-hybridized carbons (Fsp3) is 0.636. The molecule has 0 radical (unpaired) electrons. The number of nitrogens with one attached hydrogen (secondary N) is 2. The number of rotatable bonds is 7. The number of benzene rings is 1. The van der Waals surface area contributed by atoms with Gasteiger partial charge in [-0.25, -0.2) is 0 Å². The molecule has 9 nitrogen and oxygen atoms in total. The average molecular weight is 431 g/mol. The van der Waals surface area contributed by atoms with Crippen LogP contribution in [-0.4, -0.2) is 30.5 Å². The summed E-state index contributed by atoms with van der Waals surface area (Å²) in [5.74, 6) is 1.55. The fourth-order valence-corrected chi connectivity index (χ4v) is 6.40. The van der Waals surface area contributed by atoms with Crippen molar-refractivity contribution in [3.63, 3.8) is 0 Å². The maximum Gasteiger partial charge on any atom is 0.286 e. The largest absolute Gasteiger partial charge is 0.493 e. The zero-order valence-electron chi connectivity index (χ0n) is 17.9. The average Bonchev–Trinajstić information content (AvgIpc) is 2.70. The summed E-state index contributed by atoms with van der Waals surface area (Å²) >= 11 is 0. The molecule has 4 aliphatic carbocycles. The van der Waals surface area contributed by atoms with E-state index in [0.29, 0.717) is 13.0 Å². The van der Waals surface area contributed by atoms with Crippen LogP contribution in [0.5, 0.6) is 11.5 Å². The summed E-state index contributed by atoms with van der Waals surface area (Å²) in [7, 11) is 1.37. The number of nitrogens with zero attached hydrogens (tertiary/aromatic N) is 1. The summed E-state index contributed by atoms with van der Waals surface area (Å²) in [4.78, 5) is 36.1. The van der Waals surface area contributed by atoms with Crippen LogP contribution in [0.1, 0.15) is 62.2 Å². The molecule has 0 heterocycles. The number of ether oxygens (including phenoxy) is 2. The smallest absolute Gasteiger partial charge is 0.286 e. The van der Waals surface area contributed by atoms with E-state index in [1.54, 1.807) is 6.92 Å². The lowest BCUT2D eigenvalue weighted by Crippen LogP contribution is -2.50. The Hall–Kier alpha value is -2.84. The van der Waals surface area contributed by atoms with Crippen molar-refractivity contribution in [2.24, 2.45) is 23.2 Å². The van der Waals surface area contributed by atoms with Crippen molar-refractivity contribution in [3.05, 3.63) is 27.8 Å². The summed E-state index contributed by atoms with van der Waals surface area (Å²) in [6.45, 7) is 2.06. The Bertz CT molecular complexity index is 864. The van der Waals surface area contributed by atoms with Gasteiger partial charge in [0.15, 0.2) is 11.5 Å². The minimum atomic E-state index is -0.769. The number of nitro groups is 1. The molecule has 168 valence electrons. The standard InChI is InChI=1S/C22H29N3O6/c1-3-31-19-7-16(17(25(28)29)8-18(19)30-2)21(27)24-23-20(26)12-22-9-13-4-14(10-22)6-15(5-13)11-22/h7-8,13-15H,3-6,9-12H2,1-2H3,(H,23,26)(H,24,27). The van der Waals surface area contributed by atoms with Crippen molar-refractivity contribution in [1.82, 2.24) is 10.9 Å². The molecule has 0 saturated heterocycles. The fourth-order valence-electron chi connectivity index (χ4n) is 6.40. The number of hydrogen-bond acceptors (Lipinski definition) is 6. The van der Waals surface area contributed by atoms with Crippen LogP contribution in [0, 0.1) is 33.3 Å². The number of amides is 2. The highest BCUT2D eigenvalue weighted by atomic mass is 16.6. The van der Waals surface area contributed by atoms with E-state index in [2.05, 4.69) is 10.9 Å². The molecule has 0 unspecified atom stereocenters. The second kappa shape index (κ2) is 8.36. The van der Waals surface area contributed by atoms with Crippen LogP contribution in [0.15, 0.2) is 12.1 Å². The molecule has 2 N–H and O–H groups in total. The van der Waals surface area contributed by atoms with Crippen molar-refractivity contribution < 1.29 is 24.0 Å². The number of carbonyl (C=O) groups is 2. The van der Waals surface area contributed by atoms with Crippen LogP contribution in [0.4, 0.5) is 5.69 Å². The molecule has 5 rings (SSSR count).